The zero-order chi connectivity index (χ0) is 21.0. The van der Waals surface area contributed by atoms with E-state index in [1.807, 2.05) is 19.1 Å². The van der Waals surface area contributed by atoms with Crippen molar-refractivity contribution in [3.8, 4) is 11.5 Å². The summed E-state index contributed by atoms with van der Waals surface area (Å²) >= 11 is 0. The van der Waals surface area contributed by atoms with Crippen LogP contribution >= 0.6 is 0 Å². The molecule has 0 radical (unpaired) electrons. The van der Waals surface area contributed by atoms with Crippen LogP contribution in [0.2, 0.25) is 0 Å². The van der Waals surface area contributed by atoms with Crippen molar-refractivity contribution in [2.45, 2.75) is 46.0 Å². The number of allylic oxidation sites excluding steroid dienone is 1. The van der Waals surface area contributed by atoms with Crippen LogP contribution in [0.15, 0.2) is 35.9 Å². The lowest BCUT2D eigenvalue weighted by Crippen LogP contribution is -2.05. The quantitative estimate of drug-likeness (QED) is 0.639. The van der Waals surface area contributed by atoms with Gasteiger partial charge < -0.3 is 14.6 Å². The van der Waals surface area contributed by atoms with Crippen molar-refractivity contribution >= 4 is 11.5 Å². The van der Waals surface area contributed by atoms with Gasteiger partial charge in [0.2, 0.25) is 0 Å². The Morgan fingerprint density at radius 3 is 2.62 bits per heavy atom. The molecular weight excluding hydrogens is 371 g/mol. The van der Waals surface area contributed by atoms with Gasteiger partial charge in [-0.05, 0) is 97.2 Å². The van der Waals surface area contributed by atoms with E-state index in [1.165, 1.54) is 22.8 Å². The number of carboxylic acid groups (broad SMARTS) is 1. The number of carbonyl (C=O) groups is 1. The van der Waals surface area contributed by atoms with E-state index in [0.29, 0.717) is 18.6 Å². The van der Waals surface area contributed by atoms with Crippen LogP contribution in [-0.4, -0.2) is 24.8 Å². The van der Waals surface area contributed by atoms with E-state index in [4.69, 9.17) is 14.6 Å². The molecule has 5 heteroatoms. The van der Waals surface area contributed by atoms with Crippen LogP contribution in [0.4, 0.5) is 4.39 Å². The van der Waals surface area contributed by atoms with Crippen molar-refractivity contribution in [2.75, 3.05) is 13.7 Å². The monoisotopic (exact) mass is 398 g/mol. The normalized spacial score (nSPS) is 13.7. The highest BCUT2D eigenvalue weighted by molar-refractivity contribution is 5.73. The van der Waals surface area contributed by atoms with Crippen LogP contribution in [0.3, 0.4) is 0 Å². The highest BCUT2D eigenvalue weighted by Gasteiger charge is 2.19. The van der Waals surface area contributed by atoms with E-state index in [1.54, 1.807) is 13.2 Å². The summed E-state index contributed by atoms with van der Waals surface area (Å²) in [6.07, 6.45) is 3.29. The molecule has 2 aromatic carbocycles. The maximum atomic E-state index is 14.5. The Kier molecular flexibility index (Phi) is 6.57. The van der Waals surface area contributed by atoms with Crippen molar-refractivity contribution in [2.24, 2.45) is 0 Å². The van der Waals surface area contributed by atoms with Crippen LogP contribution in [0.5, 0.6) is 11.5 Å². The molecule has 4 nitrogen and oxygen atoms in total. The number of ether oxygens (including phenoxy) is 2. The number of halogens is 1. The molecule has 2 aromatic rings. The molecule has 1 aliphatic rings. The van der Waals surface area contributed by atoms with Gasteiger partial charge in [0.15, 0.2) is 11.6 Å². The SMILES string of the molecule is COc1ccc(C2=C(COc3cc(C)c(CCC(=O)O)cc3F)CCC2)c(C)c1. The molecule has 0 saturated heterocycles. The third-order valence-corrected chi connectivity index (χ3v) is 5.49. The van der Waals surface area contributed by atoms with Gasteiger partial charge in [-0.2, -0.15) is 0 Å². The van der Waals surface area contributed by atoms with E-state index in [2.05, 4.69) is 13.0 Å². The third-order valence-electron chi connectivity index (χ3n) is 5.49. The molecule has 1 N–H and O–H groups in total. The Morgan fingerprint density at radius 1 is 1.14 bits per heavy atom. The van der Waals surface area contributed by atoms with Crippen LogP contribution in [0.1, 0.15) is 47.9 Å². The summed E-state index contributed by atoms with van der Waals surface area (Å²) in [6, 6.07) is 9.13. The van der Waals surface area contributed by atoms with Crippen LogP contribution in [0.25, 0.3) is 5.57 Å². The van der Waals surface area contributed by atoms with Gasteiger partial charge in [-0.15, -0.1) is 0 Å². The van der Waals surface area contributed by atoms with E-state index in [9.17, 15) is 9.18 Å². The van der Waals surface area contributed by atoms with E-state index < -0.39 is 11.8 Å². The number of hydrogen-bond donors (Lipinski definition) is 1. The fraction of sp³-hybridized carbons (Fsp3) is 0.375. The molecule has 0 spiro atoms. The molecule has 29 heavy (non-hydrogen) atoms. The fourth-order valence-electron chi connectivity index (χ4n) is 3.87. The number of carboxylic acids is 1. The lowest BCUT2D eigenvalue weighted by atomic mass is 9.97. The number of benzene rings is 2. The minimum Gasteiger partial charge on any atom is -0.497 e. The molecule has 0 fully saturated rings. The first-order valence-corrected chi connectivity index (χ1v) is 9.88. The second-order valence-corrected chi connectivity index (χ2v) is 7.51. The van der Waals surface area contributed by atoms with Crippen molar-refractivity contribution < 1.29 is 23.8 Å². The lowest BCUT2D eigenvalue weighted by Gasteiger charge is -2.14. The summed E-state index contributed by atoms with van der Waals surface area (Å²) in [6.45, 7) is 4.27. The number of aryl methyl sites for hydroxylation is 3. The van der Waals surface area contributed by atoms with Gasteiger partial charge in [-0.3, -0.25) is 4.79 Å². The first-order chi connectivity index (χ1) is 13.9. The van der Waals surface area contributed by atoms with Crippen molar-refractivity contribution in [3.05, 3.63) is 64.0 Å². The summed E-state index contributed by atoms with van der Waals surface area (Å²) in [5.41, 5.74) is 6.37. The van der Waals surface area contributed by atoms with Gasteiger partial charge in [0.1, 0.15) is 12.4 Å². The minimum atomic E-state index is -0.889. The average Bonchev–Trinajstić information content (AvgIpc) is 3.15. The van der Waals surface area contributed by atoms with Crippen molar-refractivity contribution in [1.29, 1.82) is 0 Å². The van der Waals surface area contributed by atoms with Crippen molar-refractivity contribution in [3.63, 3.8) is 0 Å². The zero-order valence-corrected chi connectivity index (χ0v) is 17.2. The highest BCUT2D eigenvalue weighted by Crippen LogP contribution is 2.37. The summed E-state index contributed by atoms with van der Waals surface area (Å²) in [5.74, 6) is -0.286. The molecule has 0 amide bonds. The molecule has 0 unspecified atom stereocenters. The van der Waals surface area contributed by atoms with Gasteiger partial charge in [-0.1, -0.05) is 6.07 Å². The molecule has 3 rings (SSSR count). The Morgan fingerprint density at radius 2 is 1.93 bits per heavy atom. The smallest absolute Gasteiger partial charge is 0.303 e. The Labute approximate surface area is 171 Å². The van der Waals surface area contributed by atoms with Crippen LogP contribution in [0, 0.1) is 19.7 Å². The van der Waals surface area contributed by atoms with Crippen LogP contribution < -0.4 is 9.47 Å². The Balaban J connectivity index is 1.77. The van der Waals surface area contributed by atoms with Gasteiger partial charge in [0.25, 0.3) is 0 Å². The Bertz CT molecular complexity index is 946. The van der Waals surface area contributed by atoms with Gasteiger partial charge >= 0.3 is 5.97 Å². The van der Waals surface area contributed by atoms with Gasteiger partial charge in [0.05, 0.1) is 7.11 Å². The fourth-order valence-corrected chi connectivity index (χ4v) is 3.87. The number of aliphatic carboxylic acids is 1. The molecule has 1 aliphatic carbocycles. The molecule has 154 valence electrons. The van der Waals surface area contributed by atoms with Crippen LogP contribution in [-0.2, 0) is 11.2 Å². The summed E-state index contributed by atoms with van der Waals surface area (Å²) in [5, 5.41) is 8.83. The van der Waals surface area contributed by atoms with E-state index in [0.717, 1.165) is 36.1 Å². The maximum Gasteiger partial charge on any atom is 0.303 e. The standard InChI is InChI=1S/C24H27FO4/c1-15-12-23(22(25)13-17(15)7-10-24(26)27)29-14-18-5-4-6-21(18)20-9-8-19(28-3)11-16(20)2/h8-9,11-13H,4-7,10,14H2,1-3H3,(H,26,27). The number of rotatable bonds is 8. The number of hydrogen-bond acceptors (Lipinski definition) is 3. The van der Waals surface area contributed by atoms with Gasteiger partial charge in [0, 0.05) is 6.42 Å². The minimum absolute atomic E-state index is 0.0159. The number of methoxy groups -OCH3 is 1. The molecule has 0 atom stereocenters. The molecule has 0 bridgehead atoms. The first-order valence-electron chi connectivity index (χ1n) is 9.88. The summed E-state index contributed by atoms with van der Waals surface area (Å²) in [4.78, 5) is 10.8. The summed E-state index contributed by atoms with van der Waals surface area (Å²) < 4.78 is 25.6. The average molecular weight is 398 g/mol. The summed E-state index contributed by atoms with van der Waals surface area (Å²) in [7, 11) is 1.66. The third kappa shape index (κ3) is 4.97. The van der Waals surface area contributed by atoms with Gasteiger partial charge in [-0.25, -0.2) is 4.39 Å². The van der Waals surface area contributed by atoms with E-state index >= 15 is 0 Å². The lowest BCUT2D eigenvalue weighted by molar-refractivity contribution is -0.136. The zero-order valence-electron chi connectivity index (χ0n) is 17.2. The molecule has 0 aliphatic heterocycles. The van der Waals surface area contributed by atoms with Crippen molar-refractivity contribution in [1.82, 2.24) is 0 Å². The topological polar surface area (TPSA) is 55.8 Å². The predicted molar refractivity (Wildman–Crippen MR) is 111 cm³/mol. The predicted octanol–water partition coefficient (Wildman–Crippen LogP) is 5.48. The highest BCUT2D eigenvalue weighted by atomic mass is 19.1. The molecule has 0 aromatic heterocycles. The second kappa shape index (κ2) is 9.12. The largest absolute Gasteiger partial charge is 0.497 e. The molecule has 0 heterocycles. The molecule has 0 saturated carbocycles. The van der Waals surface area contributed by atoms with E-state index in [-0.39, 0.29) is 12.2 Å². The first kappa shape index (κ1) is 20.9. The maximum absolute atomic E-state index is 14.5. The Hall–Kier alpha value is -2.82. The second-order valence-electron chi connectivity index (χ2n) is 7.51. The molecular formula is C24H27FO4.